The molecule has 0 aromatic carbocycles. The topological polar surface area (TPSA) is 46.3 Å². The van der Waals surface area contributed by atoms with Gasteiger partial charge in [0.25, 0.3) is 0 Å². The third kappa shape index (κ3) is 5.74. The first-order valence-electron chi connectivity index (χ1n) is 7.65. The number of thioether (sulfide) groups is 1. The highest BCUT2D eigenvalue weighted by Crippen LogP contribution is 2.25. The van der Waals surface area contributed by atoms with Gasteiger partial charge in [0.05, 0.1) is 5.75 Å². The van der Waals surface area contributed by atoms with E-state index in [2.05, 4.69) is 25.7 Å². The van der Waals surface area contributed by atoms with Crippen LogP contribution in [-0.4, -0.2) is 40.9 Å². The van der Waals surface area contributed by atoms with E-state index in [4.69, 9.17) is 5.73 Å². The zero-order chi connectivity index (χ0) is 14.3. The summed E-state index contributed by atoms with van der Waals surface area (Å²) < 4.78 is 0. The van der Waals surface area contributed by atoms with Gasteiger partial charge in [-0.25, -0.2) is 0 Å². The fraction of sp³-hybridized carbons (Fsp3) is 0.933. The maximum Gasteiger partial charge on any atom is 0.233 e. The number of rotatable bonds is 7. The number of hydrogen-bond acceptors (Lipinski definition) is 3. The molecule has 0 aromatic heterocycles. The molecule has 3 nitrogen and oxygen atoms in total. The summed E-state index contributed by atoms with van der Waals surface area (Å²) in [5.41, 5.74) is 5.61. The molecule has 0 aromatic rings. The predicted molar refractivity (Wildman–Crippen MR) is 84.4 cm³/mol. The van der Waals surface area contributed by atoms with E-state index in [1.165, 1.54) is 32.1 Å². The molecule has 1 fully saturated rings. The SMILES string of the molecule is CC(CN)CSCC(=O)N(C(C)C)C1CCCCC1. The van der Waals surface area contributed by atoms with Gasteiger partial charge in [0.1, 0.15) is 0 Å². The summed E-state index contributed by atoms with van der Waals surface area (Å²) in [6.45, 7) is 7.12. The van der Waals surface area contributed by atoms with Crippen LogP contribution in [0.15, 0.2) is 0 Å². The standard InChI is InChI=1S/C15H30N2OS/c1-12(2)17(14-7-5-4-6-8-14)15(18)11-19-10-13(3)9-16/h12-14H,4-11,16H2,1-3H3. The van der Waals surface area contributed by atoms with Gasteiger partial charge in [-0.3, -0.25) is 4.79 Å². The molecule has 1 atom stereocenters. The molecule has 1 unspecified atom stereocenters. The molecule has 2 N–H and O–H groups in total. The second-order valence-corrected chi connectivity index (χ2v) is 7.07. The molecule has 1 saturated carbocycles. The molecule has 1 aliphatic rings. The molecule has 112 valence electrons. The molecule has 1 aliphatic carbocycles. The third-order valence-electron chi connectivity index (χ3n) is 3.84. The molecule has 0 radical (unpaired) electrons. The number of amides is 1. The Kier molecular flexibility index (Phi) is 7.84. The Balaban J connectivity index is 2.43. The zero-order valence-electron chi connectivity index (χ0n) is 12.7. The Bertz CT molecular complexity index is 265. The molecule has 0 bridgehead atoms. The van der Waals surface area contributed by atoms with E-state index in [0.29, 0.717) is 36.2 Å². The van der Waals surface area contributed by atoms with Gasteiger partial charge in [0.2, 0.25) is 5.91 Å². The van der Waals surface area contributed by atoms with Crippen LogP contribution in [0.2, 0.25) is 0 Å². The van der Waals surface area contributed by atoms with Crippen LogP contribution in [-0.2, 0) is 4.79 Å². The minimum atomic E-state index is 0.316. The highest BCUT2D eigenvalue weighted by molar-refractivity contribution is 7.99. The summed E-state index contributed by atoms with van der Waals surface area (Å²) in [5.74, 6) is 2.41. The van der Waals surface area contributed by atoms with Crippen molar-refractivity contribution in [2.24, 2.45) is 11.7 Å². The quantitative estimate of drug-likeness (QED) is 0.783. The molecule has 19 heavy (non-hydrogen) atoms. The van der Waals surface area contributed by atoms with Crippen molar-refractivity contribution in [3.63, 3.8) is 0 Å². The van der Waals surface area contributed by atoms with E-state index in [-0.39, 0.29) is 0 Å². The van der Waals surface area contributed by atoms with Gasteiger partial charge in [0.15, 0.2) is 0 Å². The summed E-state index contributed by atoms with van der Waals surface area (Å²) >= 11 is 1.73. The molecule has 0 spiro atoms. The van der Waals surface area contributed by atoms with Crippen molar-refractivity contribution < 1.29 is 4.79 Å². The van der Waals surface area contributed by atoms with Crippen LogP contribution < -0.4 is 5.73 Å². The van der Waals surface area contributed by atoms with Crippen LogP contribution in [0.1, 0.15) is 52.9 Å². The van der Waals surface area contributed by atoms with Crippen molar-refractivity contribution in [1.29, 1.82) is 0 Å². The highest BCUT2D eigenvalue weighted by atomic mass is 32.2. The first kappa shape index (κ1) is 16.8. The molecule has 1 amide bonds. The van der Waals surface area contributed by atoms with Crippen LogP contribution in [0.5, 0.6) is 0 Å². The fourth-order valence-electron chi connectivity index (χ4n) is 2.76. The van der Waals surface area contributed by atoms with Gasteiger partial charge in [-0.2, -0.15) is 11.8 Å². The lowest BCUT2D eigenvalue weighted by molar-refractivity contribution is -0.133. The van der Waals surface area contributed by atoms with E-state index in [0.717, 1.165) is 5.75 Å². The summed E-state index contributed by atoms with van der Waals surface area (Å²) in [6.07, 6.45) is 6.26. The van der Waals surface area contributed by atoms with E-state index < -0.39 is 0 Å². The first-order chi connectivity index (χ1) is 9.06. The number of nitrogens with zero attached hydrogens (tertiary/aromatic N) is 1. The Morgan fingerprint density at radius 2 is 1.89 bits per heavy atom. The van der Waals surface area contributed by atoms with Gasteiger partial charge in [-0.05, 0) is 44.9 Å². The van der Waals surface area contributed by atoms with Crippen molar-refractivity contribution in [2.45, 2.75) is 65.0 Å². The first-order valence-corrected chi connectivity index (χ1v) is 8.80. The number of hydrogen-bond donors (Lipinski definition) is 1. The Hall–Kier alpha value is -0.220. The van der Waals surface area contributed by atoms with E-state index in [1.807, 2.05) is 0 Å². The van der Waals surface area contributed by atoms with Crippen molar-refractivity contribution in [3.05, 3.63) is 0 Å². The minimum absolute atomic E-state index is 0.316. The van der Waals surface area contributed by atoms with Crippen molar-refractivity contribution >= 4 is 17.7 Å². The normalized spacial score (nSPS) is 18.6. The second kappa shape index (κ2) is 8.85. The van der Waals surface area contributed by atoms with Crippen LogP contribution in [0, 0.1) is 5.92 Å². The lowest BCUT2D eigenvalue weighted by Crippen LogP contribution is -2.46. The highest BCUT2D eigenvalue weighted by Gasteiger charge is 2.27. The van der Waals surface area contributed by atoms with Crippen molar-refractivity contribution in [3.8, 4) is 0 Å². The maximum absolute atomic E-state index is 12.4. The number of carbonyl (C=O) groups excluding carboxylic acids is 1. The smallest absolute Gasteiger partial charge is 0.233 e. The monoisotopic (exact) mass is 286 g/mol. The largest absolute Gasteiger partial charge is 0.337 e. The molecule has 0 aliphatic heterocycles. The van der Waals surface area contributed by atoms with Crippen LogP contribution in [0.4, 0.5) is 0 Å². The van der Waals surface area contributed by atoms with Crippen molar-refractivity contribution in [2.75, 3.05) is 18.1 Å². The fourth-order valence-corrected chi connectivity index (χ4v) is 3.74. The Morgan fingerprint density at radius 3 is 2.42 bits per heavy atom. The second-order valence-electron chi connectivity index (χ2n) is 6.04. The zero-order valence-corrected chi connectivity index (χ0v) is 13.5. The van der Waals surface area contributed by atoms with Crippen LogP contribution in [0.3, 0.4) is 0 Å². The molecule has 4 heteroatoms. The van der Waals surface area contributed by atoms with Crippen LogP contribution in [0.25, 0.3) is 0 Å². The number of nitrogens with two attached hydrogens (primary N) is 1. The Morgan fingerprint density at radius 1 is 1.26 bits per heavy atom. The average Bonchev–Trinajstić information content (AvgIpc) is 2.39. The summed E-state index contributed by atoms with van der Waals surface area (Å²) in [4.78, 5) is 14.6. The van der Waals surface area contributed by atoms with E-state index in [1.54, 1.807) is 11.8 Å². The van der Waals surface area contributed by atoms with Gasteiger partial charge in [-0.15, -0.1) is 0 Å². The molecule has 0 saturated heterocycles. The van der Waals surface area contributed by atoms with Gasteiger partial charge in [-0.1, -0.05) is 26.2 Å². The Labute approximate surface area is 122 Å². The molecular formula is C15H30N2OS. The molecule has 1 rings (SSSR count). The average molecular weight is 286 g/mol. The van der Waals surface area contributed by atoms with Gasteiger partial charge >= 0.3 is 0 Å². The summed E-state index contributed by atoms with van der Waals surface area (Å²) in [6, 6.07) is 0.803. The van der Waals surface area contributed by atoms with E-state index in [9.17, 15) is 4.79 Å². The maximum atomic E-state index is 12.4. The predicted octanol–water partition coefficient (Wildman–Crippen LogP) is 2.88. The van der Waals surface area contributed by atoms with Gasteiger partial charge < -0.3 is 10.6 Å². The minimum Gasteiger partial charge on any atom is -0.337 e. The summed E-state index contributed by atoms with van der Waals surface area (Å²) in [5, 5.41) is 0. The lowest BCUT2D eigenvalue weighted by atomic mass is 9.93. The van der Waals surface area contributed by atoms with Crippen LogP contribution >= 0.6 is 11.8 Å². The lowest BCUT2D eigenvalue weighted by Gasteiger charge is -2.37. The molecule has 0 heterocycles. The third-order valence-corrected chi connectivity index (χ3v) is 5.10. The number of carbonyl (C=O) groups is 1. The summed E-state index contributed by atoms with van der Waals surface area (Å²) in [7, 11) is 0. The van der Waals surface area contributed by atoms with Gasteiger partial charge in [0, 0.05) is 12.1 Å². The van der Waals surface area contributed by atoms with E-state index >= 15 is 0 Å². The molecular weight excluding hydrogens is 256 g/mol. The van der Waals surface area contributed by atoms with Crippen molar-refractivity contribution in [1.82, 2.24) is 4.90 Å².